The lowest BCUT2D eigenvalue weighted by atomic mass is 9.44. The van der Waals surface area contributed by atoms with Crippen LogP contribution in [-0.4, -0.2) is 27.5 Å². The molecule has 6 rings (SSSR count). The van der Waals surface area contributed by atoms with Crippen LogP contribution in [0.2, 0.25) is 0 Å². The van der Waals surface area contributed by atoms with Crippen LogP contribution >= 0.6 is 0 Å². The lowest BCUT2D eigenvalue weighted by Crippen LogP contribution is -2.58. The van der Waals surface area contributed by atoms with E-state index in [1.807, 2.05) is 42.5 Å². The van der Waals surface area contributed by atoms with E-state index in [1.165, 1.54) is 5.57 Å². The van der Waals surface area contributed by atoms with Crippen molar-refractivity contribution in [2.75, 3.05) is 0 Å². The van der Waals surface area contributed by atoms with E-state index in [-0.39, 0.29) is 34.9 Å². The summed E-state index contributed by atoms with van der Waals surface area (Å²) in [7, 11) is 0. The number of rotatable bonds is 4. The van der Waals surface area contributed by atoms with E-state index in [0.29, 0.717) is 18.9 Å². The molecule has 36 heavy (non-hydrogen) atoms. The van der Waals surface area contributed by atoms with Crippen LogP contribution in [0.5, 0.6) is 5.75 Å². The van der Waals surface area contributed by atoms with Gasteiger partial charge in [0, 0.05) is 5.92 Å². The van der Waals surface area contributed by atoms with Crippen molar-refractivity contribution in [2.45, 2.75) is 83.2 Å². The number of hydrogen-bond donors (Lipinski definition) is 3. The highest BCUT2D eigenvalue weighted by atomic mass is 16.5. The molecule has 3 saturated carbocycles. The Morgan fingerprint density at radius 2 is 1.61 bits per heavy atom. The van der Waals surface area contributed by atoms with Gasteiger partial charge in [-0.3, -0.25) is 0 Å². The van der Waals surface area contributed by atoms with Crippen molar-refractivity contribution in [1.82, 2.24) is 0 Å². The molecule has 0 radical (unpaired) electrons. The molecule has 0 aromatic heterocycles. The molecule has 0 aliphatic heterocycles. The molecule has 3 N–H and O–H groups in total. The number of hydrogen-bond acceptors (Lipinski definition) is 4. The molecule has 0 unspecified atom stereocenters. The quantitative estimate of drug-likeness (QED) is 0.480. The van der Waals surface area contributed by atoms with Crippen LogP contribution in [-0.2, 0) is 12.2 Å². The molecule has 0 saturated heterocycles. The maximum atomic E-state index is 12.6. The van der Waals surface area contributed by atoms with E-state index in [2.05, 4.69) is 32.1 Å². The summed E-state index contributed by atoms with van der Waals surface area (Å²) >= 11 is 0. The van der Waals surface area contributed by atoms with Crippen molar-refractivity contribution >= 4 is 0 Å². The van der Waals surface area contributed by atoms with Crippen molar-refractivity contribution in [3.8, 4) is 5.75 Å². The molecule has 0 heterocycles. The monoisotopic (exact) mass is 488 g/mol. The first-order chi connectivity index (χ1) is 17.2. The number of aliphatic hydroxyl groups excluding tert-OH is 2. The van der Waals surface area contributed by atoms with Gasteiger partial charge in [0.2, 0.25) is 0 Å². The Morgan fingerprint density at radius 1 is 0.861 bits per heavy atom. The highest BCUT2D eigenvalue weighted by Crippen LogP contribution is 2.68. The molecule has 192 valence electrons. The zero-order valence-electron chi connectivity index (χ0n) is 21.6. The minimum Gasteiger partial charge on any atom is -0.489 e. The molecule has 4 aliphatic carbocycles. The van der Waals surface area contributed by atoms with Gasteiger partial charge in [-0.25, -0.2) is 0 Å². The molecule has 3 fully saturated rings. The predicted molar refractivity (Wildman–Crippen MR) is 140 cm³/mol. The van der Waals surface area contributed by atoms with Crippen LogP contribution < -0.4 is 4.74 Å². The van der Waals surface area contributed by atoms with Gasteiger partial charge >= 0.3 is 0 Å². The molecule has 2 aromatic carbocycles. The van der Waals surface area contributed by atoms with E-state index >= 15 is 0 Å². The predicted octanol–water partition coefficient (Wildman–Crippen LogP) is 5.75. The summed E-state index contributed by atoms with van der Waals surface area (Å²) in [5, 5.41) is 34.2. The molecule has 2 aromatic rings. The second-order valence-electron chi connectivity index (χ2n) is 12.5. The Morgan fingerprint density at radius 3 is 2.36 bits per heavy atom. The molecule has 4 heteroatoms. The van der Waals surface area contributed by atoms with E-state index < -0.39 is 5.60 Å². The number of aliphatic hydroxyl groups is 3. The van der Waals surface area contributed by atoms with Crippen LogP contribution in [0.3, 0.4) is 0 Å². The van der Waals surface area contributed by atoms with Gasteiger partial charge in [0.25, 0.3) is 0 Å². The van der Waals surface area contributed by atoms with E-state index in [1.54, 1.807) is 0 Å². The second-order valence-corrected chi connectivity index (χ2v) is 12.5. The van der Waals surface area contributed by atoms with Gasteiger partial charge in [-0.15, -0.1) is 0 Å². The fraction of sp³-hybridized carbons (Fsp3) is 0.562. The van der Waals surface area contributed by atoms with Crippen LogP contribution in [0.25, 0.3) is 0 Å². The Balaban J connectivity index is 1.37. The Labute approximate surface area is 215 Å². The van der Waals surface area contributed by atoms with E-state index in [0.717, 1.165) is 55.4 Å². The SMILES string of the molecule is C[C@]12CC[C@H]3[C@H]([C@@H]1CC[C@@H]2O)[C@](O)(c1ccc(OCc2ccccc2)cc1)C=C1C[C@@H](O)CC[C@@]13C. The van der Waals surface area contributed by atoms with E-state index in [9.17, 15) is 15.3 Å². The summed E-state index contributed by atoms with van der Waals surface area (Å²) in [6.45, 7) is 5.13. The lowest BCUT2D eigenvalue weighted by Gasteiger charge is -2.62. The summed E-state index contributed by atoms with van der Waals surface area (Å²) in [6.07, 6.45) is 7.72. The van der Waals surface area contributed by atoms with E-state index in [4.69, 9.17) is 4.74 Å². The normalized spacial score (nSPS) is 41.6. The Kier molecular flexibility index (Phi) is 5.86. The fourth-order valence-corrected chi connectivity index (χ4v) is 8.50. The van der Waals surface area contributed by atoms with Crippen molar-refractivity contribution in [3.63, 3.8) is 0 Å². The summed E-state index contributed by atoms with van der Waals surface area (Å²) in [4.78, 5) is 0. The Bertz CT molecular complexity index is 1130. The molecular weight excluding hydrogens is 448 g/mol. The van der Waals surface area contributed by atoms with Gasteiger partial charge in [0.05, 0.1) is 12.2 Å². The Hall–Kier alpha value is -2.14. The zero-order valence-corrected chi connectivity index (χ0v) is 21.6. The minimum absolute atomic E-state index is 0.00370. The summed E-state index contributed by atoms with van der Waals surface area (Å²) in [5.74, 6) is 1.45. The standard InChI is InChI=1S/C32H40O4/c1-30-16-14-24(33)18-23(30)19-32(35,29-26-12-13-28(34)31(26,2)17-15-27(29)30)22-8-10-25(11-9-22)36-20-21-6-4-3-5-7-21/h3-11,19,24,26-29,33-35H,12-18,20H2,1-2H3/t24-,26-,27-,28-,29-,30-,31-,32+/m0/s1. The molecule has 8 atom stereocenters. The molecule has 0 amide bonds. The third-order valence-corrected chi connectivity index (χ3v) is 10.7. The van der Waals surface area contributed by atoms with Crippen molar-refractivity contribution in [2.24, 2.45) is 28.6 Å². The summed E-state index contributed by atoms with van der Waals surface area (Å²) in [5.41, 5.74) is 1.97. The summed E-state index contributed by atoms with van der Waals surface area (Å²) in [6, 6.07) is 18.1. The van der Waals surface area contributed by atoms with Gasteiger partial charge in [0.15, 0.2) is 0 Å². The third-order valence-electron chi connectivity index (χ3n) is 10.7. The first-order valence-electron chi connectivity index (χ1n) is 13.8. The molecule has 4 aliphatic rings. The van der Waals surface area contributed by atoms with Gasteiger partial charge in [-0.2, -0.15) is 0 Å². The van der Waals surface area contributed by atoms with Crippen LogP contribution in [0.1, 0.15) is 69.9 Å². The van der Waals surface area contributed by atoms with Crippen molar-refractivity contribution in [1.29, 1.82) is 0 Å². The smallest absolute Gasteiger partial charge is 0.119 e. The first-order valence-corrected chi connectivity index (χ1v) is 13.8. The maximum Gasteiger partial charge on any atom is 0.119 e. The van der Waals surface area contributed by atoms with Gasteiger partial charge in [-0.05, 0) is 96.9 Å². The van der Waals surface area contributed by atoms with Crippen LogP contribution in [0, 0.1) is 28.6 Å². The number of ether oxygens (including phenoxy) is 1. The molecule has 0 bridgehead atoms. The zero-order chi connectivity index (χ0) is 25.1. The number of fused-ring (bicyclic) bond motifs is 5. The van der Waals surface area contributed by atoms with Crippen molar-refractivity contribution in [3.05, 3.63) is 77.4 Å². The minimum atomic E-state index is -1.12. The summed E-state index contributed by atoms with van der Waals surface area (Å²) < 4.78 is 6.03. The maximum absolute atomic E-state index is 12.6. The van der Waals surface area contributed by atoms with Crippen LogP contribution in [0.15, 0.2) is 66.2 Å². The van der Waals surface area contributed by atoms with Gasteiger partial charge in [0.1, 0.15) is 18.0 Å². The third kappa shape index (κ3) is 3.68. The van der Waals surface area contributed by atoms with Crippen molar-refractivity contribution < 1.29 is 20.1 Å². The molecular formula is C32H40O4. The first kappa shape index (κ1) is 24.2. The second kappa shape index (κ2) is 8.72. The highest BCUT2D eigenvalue weighted by molar-refractivity contribution is 5.41. The number of benzene rings is 2. The van der Waals surface area contributed by atoms with Gasteiger partial charge < -0.3 is 20.1 Å². The largest absolute Gasteiger partial charge is 0.489 e. The highest BCUT2D eigenvalue weighted by Gasteiger charge is 2.64. The molecule has 0 spiro atoms. The topological polar surface area (TPSA) is 69.9 Å². The average molecular weight is 489 g/mol. The molecule has 4 nitrogen and oxygen atoms in total. The lowest BCUT2D eigenvalue weighted by molar-refractivity contribution is -0.148. The average Bonchev–Trinajstić information content (AvgIpc) is 3.19. The van der Waals surface area contributed by atoms with Gasteiger partial charge in [-0.1, -0.05) is 61.9 Å². The van der Waals surface area contributed by atoms with Crippen LogP contribution in [0.4, 0.5) is 0 Å². The fourth-order valence-electron chi connectivity index (χ4n) is 8.50.